The summed E-state index contributed by atoms with van der Waals surface area (Å²) in [5, 5.41) is 3.45. The lowest BCUT2D eigenvalue weighted by molar-refractivity contribution is -0.130. The van der Waals surface area contributed by atoms with E-state index in [1.165, 1.54) is 5.56 Å². The molecular weight excluding hydrogens is 286 g/mol. The summed E-state index contributed by atoms with van der Waals surface area (Å²) in [5.74, 6) is 0.274. The van der Waals surface area contributed by atoms with Crippen molar-refractivity contribution in [3.05, 3.63) is 60.4 Å². The van der Waals surface area contributed by atoms with Crippen LogP contribution in [0.4, 0.5) is 5.69 Å². The highest BCUT2D eigenvalue weighted by atomic mass is 16.2. The number of carbonyl (C=O) groups excluding carboxylic acids is 1. The number of nitrogens with zero attached hydrogens (tertiary/aromatic N) is 2. The van der Waals surface area contributed by atoms with E-state index in [4.69, 9.17) is 0 Å². The first-order chi connectivity index (χ1) is 11.3. The maximum atomic E-state index is 12.3. The summed E-state index contributed by atoms with van der Waals surface area (Å²) in [5.41, 5.74) is 2.33. The van der Waals surface area contributed by atoms with Crippen molar-refractivity contribution < 1.29 is 4.79 Å². The molecule has 4 heteroatoms. The molecule has 23 heavy (non-hydrogen) atoms. The number of anilines is 1. The van der Waals surface area contributed by atoms with E-state index in [1.807, 2.05) is 41.4 Å². The number of aryl methyl sites for hydroxylation is 1. The van der Waals surface area contributed by atoms with Gasteiger partial charge >= 0.3 is 0 Å². The Balaban J connectivity index is 1.41. The zero-order valence-electron chi connectivity index (χ0n) is 13.3. The van der Waals surface area contributed by atoms with Crippen LogP contribution in [-0.4, -0.2) is 34.9 Å². The van der Waals surface area contributed by atoms with E-state index in [0.29, 0.717) is 12.5 Å². The fourth-order valence-corrected chi connectivity index (χ4v) is 3.03. The summed E-state index contributed by atoms with van der Waals surface area (Å²) in [6.45, 7) is 1.64. The molecule has 0 radical (unpaired) electrons. The third-order valence-corrected chi connectivity index (χ3v) is 4.27. The van der Waals surface area contributed by atoms with Gasteiger partial charge in [-0.05, 0) is 37.0 Å². The first-order valence-electron chi connectivity index (χ1n) is 8.29. The molecule has 3 rings (SSSR count). The molecule has 0 unspecified atom stereocenters. The summed E-state index contributed by atoms with van der Waals surface area (Å²) < 4.78 is 0. The van der Waals surface area contributed by atoms with Crippen molar-refractivity contribution in [2.24, 2.45) is 0 Å². The van der Waals surface area contributed by atoms with Gasteiger partial charge in [-0.3, -0.25) is 9.78 Å². The number of hydrogen-bond donors (Lipinski definition) is 1. The van der Waals surface area contributed by atoms with Crippen molar-refractivity contribution in [1.29, 1.82) is 0 Å². The summed E-state index contributed by atoms with van der Waals surface area (Å²) in [6.07, 6.45) is 7.11. The molecule has 2 aromatic rings. The second kappa shape index (κ2) is 7.77. The summed E-state index contributed by atoms with van der Waals surface area (Å²) >= 11 is 0. The molecular formula is C19H23N3O. The SMILES string of the molecule is O=C(CCCc1ccccc1)N1CC[C@@H](Nc2cccnc2)C1. The van der Waals surface area contributed by atoms with Gasteiger partial charge in [-0.15, -0.1) is 0 Å². The molecule has 4 nitrogen and oxygen atoms in total. The van der Waals surface area contributed by atoms with Crippen molar-refractivity contribution in [2.45, 2.75) is 31.7 Å². The van der Waals surface area contributed by atoms with E-state index in [2.05, 4.69) is 22.4 Å². The fourth-order valence-electron chi connectivity index (χ4n) is 3.03. The maximum absolute atomic E-state index is 12.3. The van der Waals surface area contributed by atoms with Crippen LogP contribution in [-0.2, 0) is 11.2 Å². The van der Waals surface area contributed by atoms with E-state index in [-0.39, 0.29) is 5.91 Å². The highest BCUT2D eigenvalue weighted by molar-refractivity contribution is 5.76. The molecule has 1 saturated heterocycles. The smallest absolute Gasteiger partial charge is 0.222 e. The zero-order valence-corrected chi connectivity index (χ0v) is 13.3. The van der Waals surface area contributed by atoms with Crippen LogP contribution in [0.1, 0.15) is 24.8 Å². The van der Waals surface area contributed by atoms with Crippen LogP contribution in [0.15, 0.2) is 54.9 Å². The topological polar surface area (TPSA) is 45.2 Å². The Morgan fingerprint density at radius 3 is 2.87 bits per heavy atom. The molecule has 1 N–H and O–H groups in total. The number of carbonyl (C=O) groups is 1. The molecule has 0 bridgehead atoms. The van der Waals surface area contributed by atoms with Gasteiger partial charge < -0.3 is 10.2 Å². The van der Waals surface area contributed by atoms with E-state index >= 15 is 0 Å². The van der Waals surface area contributed by atoms with Crippen molar-refractivity contribution in [3.8, 4) is 0 Å². The first-order valence-corrected chi connectivity index (χ1v) is 8.29. The van der Waals surface area contributed by atoms with E-state index < -0.39 is 0 Å². The van der Waals surface area contributed by atoms with Gasteiger partial charge in [0.05, 0.1) is 5.69 Å². The number of hydrogen-bond acceptors (Lipinski definition) is 3. The predicted octanol–water partition coefficient (Wildman–Crippen LogP) is 3.12. The molecule has 0 saturated carbocycles. The van der Waals surface area contributed by atoms with Gasteiger partial charge in [0.25, 0.3) is 0 Å². The minimum atomic E-state index is 0.274. The third kappa shape index (κ3) is 4.55. The molecule has 1 atom stereocenters. The lowest BCUT2D eigenvalue weighted by atomic mass is 10.1. The van der Waals surface area contributed by atoms with Crippen LogP contribution in [0.5, 0.6) is 0 Å². The molecule has 0 spiro atoms. The van der Waals surface area contributed by atoms with Crippen LogP contribution in [0.25, 0.3) is 0 Å². The Kier molecular flexibility index (Phi) is 5.25. The molecule has 2 heterocycles. The van der Waals surface area contributed by atoms with Gasteiger partial charge in [0.1, 0.15) is 0 Å². The van der Waals surface area contributed by atoms with Crippen molar-refractivity contribution >= 4 is 11.6 Å². The average molecular weight is 309 g/mol. The number of likely N-dealkylation sites (tertiary alicyclic amines) is 1. The van der Waals surface area contributed by atoms with Gasteiger partial charge in [-0.1, -0.05) is 30.3 Å². The lowest BCUT2D eigenvalue weighted by Crippen LogP contribution is -2.31. The summed E-state index contributed by atoms with van der Waals surface area (Å²) in [6, 6.07) is 14.6. The predicted molar refractivity (Wildman–Crippen MR) is 92.2 cm³/mol. The Labute approximate surface area is 137 Å². The van der Waals surface area contributed by atoms with Gasteiger partial charge in [-0.25, -0.2) is 0 Å². The summed E-state index contributed by atoms with van der Waals surface area (Å²) in [4.78, 5) is 18.4. The lowest BCUT2D eigenvalue weighted by Gasteiger charge is -2.17. The fraction of sp³-hybridized carbons (Fsp3) is 0.368. The first kappa shape index (κ1) is 15.5. The molecule has 1 amide bonds. The molecule has 1 aliphatic rings. The second-order valence-electron chi connectivity index (χ2n) is 6.05. The van der Waals surface area contributed by atoms with E-state index in [1.54, 1.807) is 6.20 Å². The summed E-state index contributed by atoms with van der Waals surface area (Å²) in [7, 11) is 0. The largest absolute Gasteiger partial charge is 0.379 e. The molecule has 1 fully saturated rings. The normalized spacial score (nSPS) is 17.2. The van der Waals surface area contributed by atoms with E-state index in [0.717, 1.165) is 38.0 Å². The highest BCUT2D eigenvalue weighted by Crippen LogP contribution is 2.16. The van der Waals surface area contributed by atoms with Gasteiger partial charge in [0.2, 0.25) is 5.91 Å². The molecule has 0 aliphatic carbocycles. The minimum absolute atomic E-state index is 0.274. The molecule has 120 valence electrons. The van der Waals surface area contributed by atoms with Crippen molar-refractivity contribution in [3.63, 3.8) is 0 Å². The number of benzene rings is 1. The number of aromatic nitrogens is 1. The van der Waals surface area contributed by atoms with Crippen molar-refractivity contribution in [2.75, 3.05) is 18.4 Å². The van der Waals surface area contributed by atoms with Crippen LogP contribution in [0.2, 0.25) is 0 Å². The quantitative estimate of drug-likeness (QED) is 0.892. The monoisotopic (exact) mass is 309 g/mol. The Morgan fingerprint density at radius 1 is 1.22 bits per heavy atom. The van der Waals surface area contributed by atoms with Crippen molar-refractivity contribution in [1.82, 2.24) is 9.88 Å². The van der Waals surface area contributed by atoms with Gasteiger partial charge in [-0.2, -0.15) is 0 Å². The molecule has 1 aromatic heterocycles. The van der Waals surface area contributed by atoms with Gasteiger partial charge in [0.15, 0.2) is 0 Å². The Hall–Kier alpha value is -2.36. The zero-order chi connectivity index (χ0) is 15.9. The third-order valence-electron chi connectivity index (χ3n) is 4.27. The number of rotatable bonds is 6. The Morgan fingerprint density at radius 2 is 2.09 bits per heavy atom. The second-order valence-corrected chi connectivity index (χ2v) is 6.05. The van der Waals surface area contributed by atoms with Crippen LogP contribution in [0.3, 0.4) is 0 Å². The average Bonchev–Trinajstić information content (AvgIpc) is 3.05. The standard InChI is InChI=1S/C19H23N3O/c23-19(10-4-8-16-6-2-1-3-7-16)22-13-11-18(15-22)21-17-9-5-12-20-14-17/h1-3,5-7,9,12,14,18,21H,4,8,10-11,13,15H2/t18-/m1/s1. The molecule has 1 aromatic carbocycles. The Bertz CT molecular complexity index is 615. The highest BCUT2D eigenvalue weighted by Gasteiger charge is 2.25. The van der Waals surface area contributed by atoms with E-state index in [9.17, 15) is 4.79 Å². The molecule has 1 aliphatic heterocycles. The number of amides is 1. The maximum Gasteiger partial charge on any atom is 0.222 e. The van der Waals surface area contributed by atoms with Gasteiger partial charge in [0, 0.05) is 37.9 Å². The van der Waals surface area contributed by atoms with Crippen LogP contribution >= 0.6 is 0 Å². The minimum Gasteiger partial charge on any atom is -0.379 e. The number of pyridine rings is 1. The number of nitrogens with one attached hydrogen (secondary N) is 1. The van der Waals surface area contributed by atoms with Crippen LogP contribution in [0, 0.1) is 0 Å². The van der Waals surface area contributed by atoms with Crippen LogP contribution < -0.4 is 5.32 Å².